The molecule has 1 N–H and O–H groups in total. The molecule has 0 saturated carbocycles. The number of rotatable bonds is 5. The van der Waals surface area contributed by atoms with Crippen LogP contribution >= 0.6 is 0 Å². The number of imidazole rings is 1. The Hall–Kier alpha value is -3.26. The van der Waals surface area contributed by atoms with E-state index < -0.39 is 16.1 Å². The Labute approximate surface area is 185 Å². The Bertz CT molecular complexity index is 1450. The molecule has 1 fully saturated rings. The van der Waals surface area contributed by atoms with Gasteiger partial charge >= 0.3 is 0 Å². The third kappa shape index (κ3) is 3.17. The van der Waals surface area contributed by atoms with Gasteiger partial charge in [0, 0.05) is 30.7 Å². The molecule has 164 valence electrons. The maximum Gasteiger partial charge on any atom is 0.269 e. The lowest BCUT2D eigenvalue weighted by Crippen LogP contribution is -2.22. The zero-order valence-electron chi connectivity index (χ0n) is 17.5. The van der Waals surface area contributed by atoms with Gasteiger partial charge in [0.1, 0.15) is 17.4 Å². The number of nitrogens with zero attached hydrogens (tertiary/aromatic N) is 6. The highest BCUT2D eigenvalue weighted by molar-refractivity contribution is 7.90. The fraction of sp³-hybridized carbons (Fsp3) is 0.318. The molecule has 1 aliphatic heterocycles. The molecule has 5 rings (SSSR count). The van der Waals surface area contributed by atoms with E-state index in [4.69, 9.17) is 5.26 Å². The maximum atomic E-state index is 13.2. The third-order valence-corrected chi connectivity index (χ3v) is 7.62. The van der Waals surface area contributed by atoms with Crippen LogP contribution in [0.1, 0.15) is 31.3 Å². The summed E-state index contributed by atoms with van der Waals surface area (Å²) in [6, 6.07) is 12.2. The molecule has 3 aromatic heterocycles. The zero-order chi connectivity index (χ0) is 22.5. The van der Waals surface area contributed by atoms with E-state index in [1.54, 1.807) is 49.5 Å². The van der Waals surface area contributed by atoms with E-state index >= 15 is 0 Å². The summed E-state index contributed by atoms with van der Waals surface area (Å²) in [7, 11) is -3.82. The number of nitriles is 1. The van der Waals surface area contributed by atoms with Crippen LogP contribution in [0.5, 0.6) is 0 Å². The van der Waals surface area contributed by atoms with Crippen molar-refractivity contribution in [1.29, 1.82) is 5.26 Å². The Kier molecular flexibility index (Phi) is 4.97. The van der Waals surface area contributed by atoms with Crippen LogP contribution in [0, 0.1) is 11.3 Å². The van der Waals surface area contributed by atoms with E-state index in [1.165, 1.54) is 10.2 Å². The fourth-order valence-corrected chi connectivity index (χ4v) is 5.82. The van der Waals surface area contributed by atoms with Crippen molar-refractivity contribution in [3.05, 3.63) is 54.6 Å². The van der Waals surface area contributed by atoms with Crippen molar-refractivity contribution in [2.24, 2.45) is 0 Å². The quantitative estimate of drug-likeness (QED) is 0.464. The first kappa shape index (κ1) is 20.6. The second kappa shape index (κ2) is 7.70. The molecule has 2 unspecified atom stereocenters. The number of hydrogen-bond donors (Lipinski definition) is 1. The highest BCUT2D eigenvalue weighted by Crippen LogP contribution is 2.34. The van der Waals surface area contributed by atoms with Crippen molar-refractivity contribution >= 4 is 32.1 Å². The van der Waals surface area contributed by atoms with Crippen molar-refractivity contribution in [1.82, 2.24) is 23.4 Å². The number of aliphatic hydroxyl groups excluding tert-OH is 1. The SMILES string of the molecule is CC(O)c1nc2cnc3c(ccn3S(=O)(=O)c3ccccc3)c2n1C1CCN(CC#N)C1. The van der Waals surface area contributed by atoms with Gasteiger partial charge in [0.05, 0.1) is 29.2 Å². The molecule has 9 nitrogen and oxygen atoms in total. The summed E-state index contributed by atoms with van der Waals surface area (Å²) in [4.78, 5) is 11.3. The number of benzene rings is 1. The van der Waals surface area contributed by atoms with Gasteiger partial charge in [-0.05, 0) is 31.5 Å². The summed E-state index contributed by atoms with van der Waals surface area (Å²) >= 11 is 0. The van der Waals surface area contributed by atoms with Crippen molar-refractivity contribution in [2.75, 3.05) is 19.6 Å². The number of aliphatic hydroxyl groups is 1. The summed E-state index contributed by atoms with van der Waals surface area (Å²) in [6.45, 7) is 3.44. The topological polar surface area (TPSA) is 117 Å². The molecule has 2 atom stereocenters. The first-order valence-corrected chi connectivity index (χ1v) is 11.8. The number of likely N-dealkylation sites (tertiary alicyclic amines) is 1. The minimum absolute atomic E-state index is 0.0117. The molecule has 0 spiro atoms. The summed E-state index contributed by atoms with van der Waals surface area (Å²) in [5.74, 6) is 0.511. The Morgan fingerprint density at radius 2 is 2.06 bits per heavy atom. The molecule has 0 amide bonds. The molecule has 32 heavy (non-hydrogen) atoms. The van der Waals surface area contributed by atoms with Crippen LogP contribution in [-0.2, 0) is 10.0 Å². The normalized spacial score (nSPS) is 18.3. The van der Waals surface area contributed by atoms with Crippen LogP contribution < -0.4 is 0 Å². The first-order valence-electron chi connectivity index (χ1n) is 10.4. The average molecular weight is 451 g/mol. The molecule has 0 radical (unpaired) electrons. The molecular weight excluding hydrogens is 428 g/mol. The number of fused-ring (bicyclic) bond motifs is 3. The lowest BCUT2D eigenvalue weighted by molar-refractivity contribution is 0.181. The minimum atomic E-state index is -3.82. The molecule has 1 aromatic carbocycles. The Morgan fingerprint density at radius 1 is 1.28 bits per heavy atom. The van der Waals surface area contributed by atoms with E-state index in [-0.39, 0.29) is 10.9 Å². The van der Waals surface area contributed by atoms with E-state index in [2.05, 4.69) is 20.9 Å². The lowest BCUT2D eigenvalue weighted by Gasteiger charge is -2.19. The monoisotopic (exact) mass is 450 g/mol. The standard InChI is InChI=1S/C22H22N6O3S/c1-15(29)21-25-19-13-24-22-18(20(19)28(21)16-7-10-26(14-16)12-9-23)8-11-27(22)32(30,31)17-5-3-2-4-6-17/h2-6,8,11,13,15-16,29H,7,10,12,14H2,1H3. The van der Waals surface area contributed by atoms with Gasteiger partial charge in [-0.3, -0.25) is 4.90 Å². The second-order valence-electron chi connectivity index (χ2n) is 8.01. The summed E-state index contributed by atoms with van der Waals surface area (Å²) in [5, 5.41) is 20.1. The summed E-state index contributed by atoms with van der Waals surface area (Å²) in [6.07, 6.45) is 3.06. The van der Waals surface area contributed by atoms with Crippen LogP contribution in [0.25, 0.3) is 22.1 Å². The molecule has 1 saturated heterocycles. The molecular formula is C22H22N6O3S. The Balaban J connectivity index is 1.72. The third-order valence-electron chi connectivity index (χ3n) is 5.94. The van der Waals surface area contributed by atoms with Crippen molar-refractivity contribution in [3.8, 4) is 6.07 Å². The van der Waals surface area contributed by atoms with Crippen LogP contribution in [0.15, 0.2) is 53.7 Å². The highest BCUT2D eigenvalue weighted by Gasteiger charge is 2.30. The van der Waals surface area contributed by atoms with Gasteiger partial charge in [-0.25, -0.2) is 22.4 Å². The van der Waals surface area contributed by atoms with Crippen molar-refractivity contribution in [2.45, 2.75) is 30.4 Å². The molecule has 1 aliphatic rings. The van der Waals surface area contributed by atoms with Gasteiger partial charge in [-0.1, -0.05) is 18.2 Å². The molecule has 4 heterocycles. The van der Waals surface area contributed by atoms with Crippen molar-refractivity contribution < 1.29 is 13.5 Å². The summed E-state index contributed by atoms with van der Waals surface area (Å²) < 4.78 is 29.7. The second-order valence-corrected chi connectivity index (χ2v) is 9.83. The van der Waals surface area contributed by atoms with Gasteiger partial charge in [0.25, 0.3) is 10.0 Å². The number of hydrogen-bond acceptors (Lipinski definition) is 7. The zero-order valence-corrected chi connectivity index (χ0v) is 18.3. The van der Waals surface area contributed by atoms with E-state index in [9.17, 15) is 13.5 Å². The van der Waals surface area contributed by atoms with E-state index in [1.807, 2.05) is 4.57 Å². The fourth-order valence-electron chi connectivity index (χ4n) is 4.50. The van der Waals surface area contributed by atoms with Crippen LogP contribution in [0.2, 0.25) is 0 Å². The highest BCUT2D eigenvalue weighted by atomic mass is 32.2. The summed E-state index contributed by atoms with van der Waals surface area (Å²) in [5.41, 5.74) is 1.66. The van der Waals surface area contributed by atoms with E-state index in [0.717, 1.165) is 18.5 Å². The van der Waals surface area contributed by atoms with Gasteiger partial charge < -0.3 is 9.67 Å². The molecule has 0 aliphatic carbocycles. The first-order chi connectivity index (χ1) is 15.4. The number of pyridine rings is 1. The van der Waals surface area contributed by atoms with Gasteiger partial charge in [-0.2, -0.15) is 5.26 Å². The smallest absolute Gasteiger partial charge is 0.269 e. The van der Waals surface area contributed by atoms with Crippen LogP contribution in [-0.4, -0.2) is 56.6 Å². The molecule has 0 bridgehead atoms. The van der Waals surface area contributed by atoms with Gasteiger partial charge in [0.15, 0.2) is 5.65 Å². The predicted molar refractivity (Wildman–Crippen MR) is 118 cm³/mol. The largest absolute Gasteiger partial charge is 0.385 e. The minimum Gasteiger partial charge on any atom is -0.385 e. The average Bonchev–Trinajstić information content (AvgIpc) is 3.50. The Morgan fingerprint density at radius 3 is 2.78 bits per heavy atom. The van der Waals surface area contributed by atoms with Crippen molar-refractivity contribution in [3.63, 3.8) is 0 Å². The van der Waals surface area contributed by atoms with Crippen LogP contribution in [0.4, 0.5) is 0 Å². The molecule has 10 heteroatoms. The van der Waals surface area contributed by atoms with E-state index in [0.29, 0.717) is 35.5 Å². The maximum absolute atomic E-state index is 13.2. The molecule has 4 aromatic rings. The van der Waals surface area contributed by atoms with Gasteiger partial charge in [0.2, 0.25) is 0 Å². The lowest BCUT2D eigenvalue weighted by atomic mass is 10.2. The number of aromatic nitrogens is 4. The van der Waals surface area contributed by atoms with Crippen LogP contribution in [0.3, 0.4) is 0 Å². The predicted octanol–water partition coefficient (Wildman–Crippen LogP) is 2.45. The van der Waals surface area contributed by atoms with Gasteiger partial charge in [-0.15, -0.1) is 0 Å².